The summed E-state index contributed by atoms with van der Waals surface area (Å²) < 4.78 is 11.9. The minimum absolute atomic E-state index is 0.0931. The van der Waals surface area contributed by atoms with Crippen LogP contribution in [0.15, 0.2) is 94.2 Å². The van der Waals surface area contributed by atoms with E-state index in [0.717, 1.165) is 28.0 Å². The predicted octanol–water partition coefficient (Wildman–Crippen LogP) is 5.78. The van der Waals surface area contributed by atoms with Gasteiger partial charge >= 0.3 is 0 Å². The van der Waals surface area contributed by atoms with Crippen molar-refractivity contribution in [2.45, 2.75) is 24.2 Å². The Bertz CT molecular complexity index is 1360. The van der Waals surface area contributed by atoms with Crippen molar-refractivity contribution in [3.8, 4) is 0 Å². The van der Waals surface area contributed by atoms with Gasteiger partial charge in [-0.05, 0) is 41.8 Å². The molecule has 3 aliphatic rings. The lowest BCUT2D eigenvalue weighted by atomic mass is 9.64. The van der Waals surface area contributed by atoms with Crippen molar-refractivity contribution in [1.29, 1.82) is 0 Å². The van der Waals surface area contributed by atoms with Crippen LogP contribution in [0, 0.1) is 11.3 Å². The second kappa shape index (κ2) is 6.19. The lowest BCUT2D eigenvalue weighted by molar-refractivity contribution is 0.0714. The van der Waals surface area contributed by atoms with Crippen molar-refractivity contribution in [3.63, 3.8) is 0 Å². The zero-order chi connectivity index (χ0) is 21.4. The van der Waals surface area contributed by atoms with Crippen molar-refractivity contribution in [2.24, 2.45) is 11.3 Å². The van der Waals surface area contributed by atoms with Crippen LogP contribution in [0.3, 0.4) is 0 Å². The van der Waals surface area contributed by atoms with E-state index in [2.05, 4.69) is 0 Å². The fourth-order valence-electron chi connectivity index (χ4n) is 6.97. The molecule has 0 saturated heterocycles. The summed E-state index contributed by atoms with van der Waals surface area (Å²) in [6, 6.07) is 23.3. The summed E-state index contributed by atoms with van der Waals surface area (Å²) >= 11 is 0. The third-order valence-electron chi connectivity index (χ3n) is 7.97. The normalized spacial score (nSPS) is 30.0. The van der Waals surface area contributed by atoms with Gasteiger partial charge in [0.25, 0.3) is 0 Å². The minimum atomic E-state index is -0.835. The average Bonchev–Trinajstić information content (AvgIpc) is 3.62. The Labute approximate surface area is 184 Å². The van der Waals surface area contributed by atoms with Crippen molar-refractivity contribution >= 4 is 11.6 Å². The van der Waals surface area contributed by atoms with E-state index >= 15 is 0 Å². The van der Waals surface area contributed by atoms with Crippen LogP contribution in [0.1, 0.15) is 61.1 Å². The van der Waals surface area contributed by atoms with E-state index in [9.17, 15) is 9.59 Å². The van der Waals surface area contributed by atoms with Gasteiger partial charge in [0, 0.05) is 34.8 Å². The molecule has 1 fully saturated rings. The first-order valence-electron chi connectivity index (χ1n) is 11.0. The maximum Gasteiger partial charge on any atom is 0.171 e. The number of benzene rings is 2. The van der Waals surface area contributed by atoms with E-state index in [1.54, 1.807) is 12.5 Å². The minimum Gasteiger partial charge on any atom is -0.469 e. The highest BCUT2D eigenvalue weighted by molar-refractivity contribution is 6.10. The fraction of sp³-hybridized carbons (Fsp3) is 0.214. The predicted molar refractivity (Wildman–Crippen MR) is 117 cm³/mol. The molecule has 5 atom stereocenters. The lowest BCUT2D eigenvalue weighted by Crippen LogP contribution is -2.38. The molecule has 1 saturated carbocycles. The molecule has 0 unspecified atom stereocenters. The molecule has 2 aromatic carbocycles. The molecule has 4 nitrogen and oxygen atoms in total. The van der Waals surface area contributed by atoms with Crippen LogP contribution in [0.5, 0.6) is 0 Å². The summed E-state index contributed by atoms with van der Waals surface area (Å²) in [5, 5.41) is 0. The van der Waals surface area contributed by atoms with E-state index < -0.39 is 5.41 Å². The van der Waals surface area contributed by atoms with Crippen LogP contribution < -0.4 is 0 Å². The molecule has 2 heterocycles. The SMILES string of the molecule is O=C1c2ccccc2[C@@H]2[C@H]1[C@@H](c1ccco1)[C@@]1(Cc3ccccc3C1=O)[C@@H]2c1ccco1. The molecular weight excluding hydrogens is 400 g/mol. The second-order valence-corrected chi connectivity index (χ2v) is 9.19. The number of fused-ring (bicyclic) bond motifs is 4. The number of rotatable bonds is 2. The fourth-order valence-corrected chi connectivity index (χ4v) is 6.97. The standard InChI is InChI=1S/C28H20O4/c29-26-19-10-4-3-9-18(19)22-23(26)25(21-12-6-14-32-21)28(24(22)20-11-5-13-31-20)15-16-7-1-2-8-17(16)27(28)30/h1-14,22-25H,15H2/t22-,23+,24-,25-,28-/m1/s1. The van der Waals surface area contributed by atoms with Crippen LogP contribution in [0.25, 0.3) is 0 Å². The number of carbonyl (C=O) groups is 2. The third-order valence-corrected chi connectivity index (χ3v) is 7.97. The third kappa shape index (κ3) is 2.03. The monoisotopic (exact) mass is 420 g/mol. The van der Waals surface area contributed by atoms with Gasteiger partial charge in [0.15, 0.2) is 11.6 Å². The van der Waals surface area contributed by atoms with E-state index in [-0.39, 0.29) is 35.2 Å². The lowest BCUT2D eigenvalue weighted by Gasteiger charge is -2.35. The van der Waals surface area contributed by atoms with E-state index in [1.165, 1.54) is 0 Å². The summed E-state index contributed by atoms with van der Waals surface area (Å²) in [5.74, 6) is 0.531. The Morgan fingerprint density at radius 1 is 0.688 bits per heavy atom. The number of hydrogen-bond acceptors (Lipinski definition) is 4. The molecule has 0 bridgehead atoms. The van der Waals surface area contributed by atoms with Crippen LogP contribution >= 0.6 is 0 Å². The highest BCUT2D eigenvalue weighted by atomic mass is 16.3. The first-order valence-corrected chi connectivity index (χ1v) is 11.0. The Balaban J connectivity index is 1.56. The summed E-state index contributed by atoms with van der Waals surface area (Å²) in [6.07, 6.45) is 3.87. The first-order chi connectivity index (χ1) is 15.7. The second-order valence-electron chi connectivity index (χ2n) is 9.19. The van der Waals surface area contributed by atoms with E-state index in [4.69, 9.17) is 8.83 Å². The zero-order valence-electron chi connectivity index (χ0n) is 17.2. The summed E-state index contributed by atoms with van der Waals surface area (Å²) in [5.41, 5.74) is 2.72. The van der Waals surface area contributed by atoms with Gasteiger partial charge in [0.1, 0.15) is 11.5 Å². The van der Waals surface area contributed by atoms with Crippen molar-refractivity contribution in [1.82, 2.24) is 0 Å². The van der Waals surface area contributed by atoms with Crippen molar-refractivity contribution in [2.75, 3.05) is 0 Å². The molecule has 3 aliphatic carbocycles. The zero-order valence-corrected chi connectivity index (χ0v) is 17.2. The number of Topliss-reactive ketones (excluding diaryl/α,β-unsaturated/α-hetero) is 2. The van der Waals surface area contributed by atoms with Crippen LogP contribution in [-0.2, 0) is 6.42 Å². The van der Waals surface area contributed by atoms with Gasteiger partial charge in [-0.3, -0.25) is 9.59 Å². The van der Waals surface area contributed by atoms with Gasteiger partial charge in [0.2, 0.25) is 0 Å². The summed E-state index contributed by atoms with van der Waals surface area (Å²) in [6.45, 7) is 0. The smallest absolute Gasteiger partial charge is 0.171 e. The van der Waals surface area contributed by atoms with Gasteiger partial charge in [-0.2, -0.15) is 0 Å². The van der Waals surface area contributed by atoms with E-state index in [1.807, 2.05) is 72.8 Å². The molecule has 0 amide bonds. The molecule has 32 heavy (non-hydrogen) atoms. The quantitative estimate of drug-likeness (QED) is 0.413. The molecule has 0 radical (unpaired) electrons. The number of ketones is 2. The average molecular weight is 420 g/mol. The molecule has 0 aliphatic heterocycles. The van der Waals surface area contributed by atoms with Gasteiger partial charge in [0.05, 0.1) is 17.9 Å². The van der Waals surface area contributed by atoms with Crippen LogP contribution in [-0.4, -0.2) is 11.6 Å². The largest absolute Gasteiger partial charge is 0.469 e. The summed E-state index contributed by atoms with van der Waals surface area (Å²) in [4.78, 5) is 28.1. The van der Waals surface area contributed by atoms with Crippen LogP contribution in [0.4, 0.5) is 0 Å². The molecule has 4 aromatic rings. The maximum absolute atomic E-state index is 14.3. The highest BCUT2D eigenvalue weighted by Crippen LogP contribution is 2.72. The number of carbonyl (C=O) groups excluding carboxylic acids is 2. The van der Waals surface area contributed by atoms with Crippen molar-refractivity contribution < 1.29 is 18.4 Å². The number of furan rings is 2. The van der Waals surface area contributed by atoms with Gasteiger partial charge in [-0.15, -0.1) is 0 Å². The topological polar surface area (TPSA) is 60.4 Å². The molecule has 2 aromatic heterocycles. The molecule has 0 N–H and O–H groups in total. The number of hydrogen-bond donors (Lipinski definition) is 0. The Kier molecular flexibility index (Phi) is 3.48. The van der Waals surface area contributed by atoms with Gasteiger partial charge in [-0.25, -0.2) is 0 Å². The molecular formula is C28H20O4. The van der Waals surface area contributed by atoms with E-state index in [0.29, 0.717) is 12.2 Å². The Hall–Kier alpha value is -3.66. The maximum atomic E-state index is 14.3. The Morgan fingerprint density at radius 2 is 1.31 bits per heavy atom. The van der Waals surface area contributed by atoms with Gasteiger partial charge in [-0.1, -0.05) is 48.5 Å². The van der Waals surface area contributed by atoms with Crippen molar-refractivity contribution in [3.05, 3.63) is 119 Å². The van der Waals surface area contributed by atoms with Gasteiger partial charge < -0.3 is 8.83 Å². The molecule has 7 rings (SSSR count). The Morgan fingerprint density at radius 3 is 1.97 bits per heavy atom. The molecule has 156 valence electrons. The highest BCUT2D eigenvalue weighted by Gasteiger charge is 2.71. The van der Waals surface area contributed by atoms with Crippen LogP contribution in [0.2, 0.25) is 0 Å². The first kappa shape index (κ1) is 18.0. The molecule has 1 spiro atoms. The summed E-state index contributed by atoms with van der Waals surface area (Å²) in [7, 11) is 0. The molecule has 4 heteroatoms.